The summed E-state index contributed by atoms with van der Waals surface area (Å²) in [6.07, 6.45) is 4.13. The van der Waals surface area contributed by atoms with Crippen LogP contribution in [0.15, 0.2) is 0 Å². The molecule has 2 aliphatic heterocycles. The maximum atomic E-state index is 11.9. The van der Waals surface area contributed by atoms with Crippen LogP contribution in [0.1, 0.15) is 32.6 Å². The smallest absolute Gasteiger partial charge is 0.237 e. The second-order valence-corrected chi connectivity index (χ2v) is 6.01. The first-order chi connectivity index (χ1) is 9.15. The summed E-state index contributed by atoms with van der Waals surface area (Å²) in [5.74, 6) is 0.683. The summed E-state index contributed by atoms with van der Waals surface area (Å²) < 4.78 is 0. The van der Waals surface area contributed by atoms with E-state index in [-0.39, 0.29) is 18.1 Å². The van der Waals surface area contributed by atoms with Crippen molar-refractivity contribution in [3.63, 3.8) is 0 Å². The first kappa shape index (κ1) is 14.8. The molecule has 2 rings (SSSR count). The van der Waals surface area contributed by atoms with E-state index in [1.807, 2.05) is 6.92 Å². The molecule has 2 aliphatic rings. The number of piperidine rings is 1. The third-order valence-corrected chi connectivity index (χ3v) is 4.07. The van der Waals surface area contributed by atoms with E-state index in [1.54, 1.807) is 0 Å². The van der Waals surface area contributed by atoms with Gasteiger partial charge in [-0.15, -0.1) is 0 Å². The molecule has 2 heterocycles. The largest absolute Gasteiger partial charge is 0.392 e. The van der Waals surface area contributed by atoms with Crippen LogP contribution in [0.2, 0.25) is 0 Å². The van der Waals surface area contributed by atoms with Crippen LogP contribution in [0, 0.1) is 5.92 Å². The standard InChI is InChI=1S/C14H27N3O2/c1-11(18)9-17-7-3-4-12(10-17)8-16-14(19)13-5-2-6-15-13/h11-13,15,18H,2-10H2,1H3,(H,16,19)/t11-,12?,13?/m0/s1. The van der Waals surface area contributed by atoms with E-state index >= 15 is 0 Å². The maximum Gasteiger partial charge on any atom is 0.237 e. The number of hydrogen-bond donors (Lipinski definition) is 3. The zero-order valence-electron chi connectivity index (χ0n) is 11.9. The molecule has 2 fully saturated rings. The molecule has 0 saturated carbocycles. The fraction of sp³-hybridized carbons (Fsp3) is 0.929. The summed E-state index contributed by atoms with van der Waals surface area (Å²) in [4.78, 5) is 14.2. The Morgan fingerprint density at radius 1 is 1.47 bits per heavy atom. The van der Waals surface area contributed by atoms with Crippen LogP contribution in [-0.2, 0) is 4.79 Å². The lowest BCUT2D eigenvalue weighted by molar-refractivity contribution is -0.123. The number of aliphatic hydroxyl groups excluding tert-OH is 1. The van der Waals surface area contributed by atoms with Gasteiger partial charge in [0.05, 0.1) is 12.1 Å². The SMILES string of the molecule is C[C@H](O)CN1CCCC(CNC(=O)C2CCCN2)C1. The first-order valence-electron chi connectivity index (χ1n) is 7.56. The van der Waals surface area contributed by atoms with Crippen molar-refractivity contribution in [1.29, 1.82) is 0 Å². The molecule has 0 bridgehead atoms. The highest BCUT2D eigenvalue weighted by Crippen LogP contribution is 2.16. The van der Waals surface area contributed by atoms with E-state index in [1.165, 1.54) is 6.42 Å². The molecule has 5 heteroatoms. The van der Waals surface area contributed by atoms with Gasteiger partial charge in [-0.25, -0.2) is 0 Å². The van der Waals surface area contributed by atoms with Crippen molar-refractivity contribution in [1.82, 2.24) is 15.5 Å². The number of hydrogen-bond acceptors (Lipinski definition) is 4. The van der Waals surface area contributed by atoms with Crippen LogP contribution in [-0.4, -0.2) is 60.8 Å². The molecule has 1 amide bonds. The minimum atomic E-state index is -0.268. The summed E-state index contributed by atoms with van der Waals surface area (Å²) in [5.41, 5.74) is 0. The van der Waals surface area contributed by atoms with Gasteiger partial charge in [0.1, 0.15) is 0 Å². The second kappa shape index (κ2) is 7.22. The number of nitrogens with zero attached hydrogens (tertiary/aromatic N) is 1. The number of carbonyl (C=O) groups is 1. The van der Waals surface area contributed by atoms with Crippen LogP contribution < -0.4 is 10.6 Å². The van der Waals surface area contributed by atoms with Gasteiger partial charge < -0.3 is 20.6 Å². The first-order valence-corrected chi connectivity index (χ1v) is 7.56. The minimum absolute atomic E-state index is 0.0251. The minimum Gasteiger partial charge on any atom is -0.392 e. The molecule has 0 aromatic heterocycles. The lowest BCUT2D eigenvalue weighted by atomic mass is 9.97. The van der Waals surface area contributed by atoms with Gasteiger partial charge in [0, 0.05) is 19.6 Å². The highest BCUT2D eigenvalue weighted by molar-refractivity contribution is 5.81. The Bertz CT molecular complexity index is 290. The van der Waals surface area contributed by atoms with Crippen LogP contribution in [0.5, 0.6) is 0 Å². The number of likely N-dealkylation sites (tertiary alicyclic amines) is 1. The van der Waals surface area contributed by atoms with Crippen molar-refractivity contribution in [3.05, 3.63) is 0 Å². The van der Waals surface area contributed by atoms with Crippen molar-refractivity contribution < 1.29 is 9.90 Å². The Hall–Kier alpha value is -0.650. The Labute approximate surface area is 115 Å². The van der Waals surface area contributed by atoms with Gasteiger partial charge in [-0.3, -0.25) is 4.79 Å². The van der Waals surface area contributed by atoms with Crippen LogP contribution in [0.4, 0.5) is 0 Å². The maximum absolute atomic E-state index is 11.9. The van der Waals surface area contributed by atoms with E-state index < -0.39 is 0 Å². The summed E-state index contributed by atoms with van der Waals surface area (Å²) in [6.45, 7) is 6.37. The number of nitrogens with one attached hydrogen (secondary N) is 2. The Morgan fingerprint density at radius 3 is 3.00 bits per heavy atom. The van der Waals surface area contributed by atoms with Crippen molar-refractivity contribution in [2.45, 2.75) is 44.8 Å². The van der Waals surface area contributed by atoms with Gasteiger partial charge in [-0.2, -0.15) is 0 Å². The number of carbonyl (C=O) groups excluding carboxylic acids is 1. The molecule has 5 nitrogen and oxygen atoms in total. The second-order valence-electron chi connectivity index (χ2n) is 6.01. The number of rotatable bonds is 5. The topological polar surface area (TPSA) is 64.6 Å². The van der Waals surface area contributed by atoms with Crippen molar-refractivity contribution >= 4 is 5.91 Å². The molecule has 0 aromatic carbocycles. The third-order valence-electron chi connectivity index (χ3n) is 4.07. The molecule has 0 aromatic rings. The van der Waals surface area contributed by atoms with Gasteiger partial charge in [0.25, 0.3) is 0 Å². The van der Waals surface area contributed by atoms with Gasteiger partial charge >= 0.3 is 0 Å². The van der Waals surface area contributed by atoms with E-state index in [2.05, 4.69) is 15.5 Å². The van der Waals surface area contributed by atoms with Gasteiger partial charge in [-0.1, -0.05) is 0 Å². The predicted molar refractivity (Wildman–Crippen MR) is 74.9 cm³/mol. The van der Waals surface area contributed by atoms with Gasteiger partial charge in [0.15, 0.2) is 0 Å². The predicted octanol–water partition coefficient (Wildman–Crippen LogP) is -0.0526. The van der Waals surface area contributed by atoms with Crippen molar-refractivity contribution in [2.24, 2.45) is 5.92 Å². The van der Waals surface area contributed by atoms with E-state index in [9.17, 15) is 9.90 Å². The Kier molecular flexibility index (Phi) is 5.60. The average molecular weight is 269 g/mol. The quantitative estimate of drug-likeness (QED) is 0.655. The molecule has 3 atom stereocenters. The molecule has 110 valence electrons. The molecule has 19 heavy (non-hydrogen) atoms. The zero-order chi connectivity index (χ0) is 13.7. The Morgan fingerprint density at radius 2 is 2.32 bits per heavy atom. The van der Waals surface area contributed by atoms with Crippen LogP contribution in [0.3, 0.4) is 0 Å². The molecule has 3 N–H and O–H groups in total. The zero-order valence-corrected chi connectivity index (χ0v) is 11.9. The molecule has 2 saturated heterocycles. The Balaban J connectivity index is 1.68. The molecule has 0 aliphatic carbocycles. The highest BCUT2D eigenvalue weighted by atomic mass is 16.3. The van der Waals surface area contributed by atoms with Crippen LogP contribution >= 0.6 is 0 Å². The normalized spacial score (nSPS) is 30.2. The molecule has 0 spiro atoms. The number of amides is 1. The summed E-state index contributed by atoms with van der Waals surface area (Å²) in [7, 11) is 0. The highest BCUT2D eigenvalue weighted by Gasteiger charge is 2.24. The lowest BCUT2D eigenvalue weighted by Gasteiger charge is -2.33. The van der Waals surface area contributed by atoms with Crippen LogP contribution in [0.25, 0.3) is 0 Å². The summed E-state index contributed by atoms with van der Waals surface area (Å²) >= 11 is 0. The van der Waals surface area contributed by atoms with Gasteiger partial charge in [-0.05, 0) is 51.6 Å². The monoisotopic (exact) mass is 269 g/mol. The lowest BCUT2D eigenvalue weighted by Crippen LogP contribution is -2.46. The molecular formula is C14H27N3O2. The summed E-state index contributed by atoms with van der Waals surface area (Å²) in [5, 5.41) is 15.7. The van der Waals surface area contributed by atoms with Gasteiger partial charge in [0.2, 0.25) is 5.91 Å². The average Bonchev–Trinajstić information content (AvgIpc) is 2.89. The van der Waals surface area contributed by atoms with E-state index in [0.717, 1.165) is 52.0 Å². The molecular weight excluding hydrogens is 242 g/mol. The third kappa shape index (κ3) is 4.75. The molecule has 0 radical (unpaired) electrons. The van der Waals surface area contributed by atoms with Crippen molar-refractivity contribution in [3.8, 4) is 0 Å². The fourth-order valence-electron chi connectivity index (χ4n) is 3.13. The fourth-order valence-corrected chi connectivity index (χ4v) is 3.13. The summed E-state index contributed by atoms with van der Waals surface area (Å²) in [6, 6.07) is 0.0251. The van der Waals surface area contributed by atoms with Crippen molar-refractivity contribution in [2.75, 3.05) is 32.7 Å². The molecule has 2 unspecified atom stereocenters. The van der Waals surface area contributed by atoms with E-state index in [4.69, 9.17) is 0 Å². The van der Waals surface area contributed by atoms with E-state index in [0.29, 0.717) is 5.92 Å². The number of β-amino-alcohol motifs (C(OH)–C–C–N with tert-alkyl or cyclic N) is 1. The number of aliphatic hydroxyl groups is 1.